The van der Waals surface area contributed by atoms with Crippen LogP contribution in [0.1, 0.15) is 66.7 Å². The maximum atomic E-state index is 2.49. The fourth-order valence-electron chi connectivity index (χ4n) is 2.90. The van der Waals surface area contributed by atoms with Gasteiger partial charge in [-0.1, -0.05) is 47.5 Å². The molecule has 78 valence electrons. The quantitative estimate of drug-likeness (QED) is 0.518. The van der Waals surface area contributed by atoms with Crippen molar-refractivity contribution in [2.45, 2.75) is 66.7 Å². The molecular formula is C13H26. The Morgan fingerprint density at radius 1 is 0.923 bits per heavy atom. The highest BCUT2D eigenvalue weighted by atomic mass is 14.4. The second-order valence-electron chi connectivity index (χ2n) is 6.36. The van der Waals surface area contributed by atoms with E-state index in [2.05, 4.69) is 34.6 Å². The lowest BCUT2D eigenvalue weighted by Gasteiger charge is -2.38. The first-order chi connectivity index (χ1) is 5.86. The molecule has 0 aromatic carbocycles. The van der Waals surface area contributed by atoms with Gasteiger partial charge < -0.3 is 0 Å². The minimum absolute atomic E-state index is 0.579. The summed E-state index contributed by atoms with van der Waals surface area (Å²) in [6, 6.07) is 0. The molecule has 0 aliphatic heterocycles. The molecule has 0 N–H and O–H groups in total. The van der Waals surface area contributed by atoms with Crippen molar-refractivity contribution in [2.24, 2.45) is 16.7 Å². The van der Waals surface area contributed by atoms with Crippen LogP contribution in [0.4, 0.5) is 0 Å². The van der Waals surface area contributed by atoms with Gasteiger partial charge in [-0.05, 0) is 36.0 Å². The zero-order valence-electron chi connectivity index (χ0n) is 10.1. The third-order valence-corrected chi connectivity index (χ3v) is 4.13. The highest BCUT2D eigenvalue weighted by Gasteiger charge is 2.36. The van der Waals surface area contributed by atoms with Crippen LogP contribution >= 0.6 is 0 Å². The van der Waals surface area contributed by atoms with Gasteiger partial charge in [-0.2, -0.15) is 0 Å². The molecule has 0 bridgehead atoms. The first-order valence-corrected chi connectivity index (χ1v) is 5.86. The van der Waals surface area contributed by atoms with E-state index in [1.54, 1.807) is 0 Å². The van der Waals surface area contributed by atoms with Gasteiger partial charge in [0.2, 0.25) is 0 Å². The largest absolute Gasteiger partial charge is 0.0623 e. The van der Waals surface area contributed by atoms with Crippen LogP contribution in [-0.2, 0) is 0 Å². The topological polar surface area (TPSA) is 0 Å². The SMILES string of the molecule is CC(C)[C@@]1(C)CCCCC(C)(C)C1. The summed E-state index contributed by atoms with van der Waals surface area (Å²) in [5.74, 6) is 0.838. The van der Waals surface area contributed by atoms with Crippen LogP contribution in [0.15, 0.2) is 0 Å². The van der Waals surface area contributed by atoms with Crippen LogP contribution in [-0.4, -0.2) is 0 Å². The van der Waals surface area contributed by atoms with Crippen molar-refractivity contribution in [1.29, 1.82) is 0 Å². The molecule has 0 aromatic rings. The molecule has 0 unspecified atom stereocenters. The van der Waals surface area contributed by atoms with E-state index in [1.807, 2.05) is 0 Å². The van der Waals surface area contributed by atoms with Crippen molar-refractivity contribution in [1.82, 2.24) is 0 Å². The number of hydrogen-bond acceptors (Lipinski definition) is 0. The predicted octanol–water partition coefficient (Wildman–Crippen LogP) is 4.64. The van der Waals surface area contributed by atoms with Crippen molar-refractivity contribution < 1.29 is 0 Å². The highest BCUT2D eigenvalue weighted by molar-refractivity contribution is 4.87. The van der Waals surface area contributed by atoms with Gasteiger partial charge in [0.25, 0.3) is 0 Å². The summed E-state index contributed by atoms with van der Waals surface area (Å²) >= 11 is 0. The molecule has 0 amide bonds. The second kappa shape index (κ2) is 3.63. The molecule has 0 heteroatoms. The van der Waals surface area contributed by atoms with Crippen molar-refractivity contribution in [2.75, 3.05) is 0 Å². The smallest absolute Gasteiger partial charge is 0.0298 e. The molecule has 1 fully saturated rings. The fourth-order valence-corrected chi connectivity index (χ4v) is 2.90. The number of rotatable bonds is 1. The Balaban J connectivity index is 2.75. The fraction of sp³-hybridized carbons (Fsp3) is 1.00. The van der Waals surface area contributed by atoms with E-state index in [-0.39, 0.29) is 0 Å². The molecule has 0 nitrogen and oxygen atoms in total. The first kappa shape index (κ1) is 11.1. The first-order valence-electron chi connectivity index (χ1n) is 5.86. The van der Waals surface area contributed by atoms with Gasteiger partial charge in [-0.15, -0.1) is 0 Å². The summed E-state index contributed by atoms with van der Waals surface area (Å²) in [6.45, 7) is 12.2. The summed E-state index contributed by atoms with van der Waals surface area (Å²) in [7, 11) is 0. The molecule has 1 aliphatic rings. The van der Waals surface area contributed by atoms with Crippen LogP contribution in [0.25, 0.3) is 0 Å². The predicted molar refractivity (Wildman–Crippen MR) is 59.8 cm³/mol. The Bertz CT molecular complexity index is 167. The Labute approximate surface area is 84.1 Å². The summed E-state index contributed by atoms with van der Waals surface area (Å²) < 4.78 is 0. The summed E-state index contributed by atoms with van der Waals surface area (Å²) in [4.78, 5) is 0. The van der Waals surface area contributed by atoms with E-state index >= 15 is 0 Å². The maximum absolute atomic E-state index is 2.49. The van der Waals surface area contributed by atoms with Crippen LogP contribution in [0.2, 0.25) is 0 Å². The molecule has 0 spiro atoms. The molecule has 1 saturated carbocycles. The monoisotopic (exact) mass is 182 g/mol. The molecule has 0 radical (unpaired) electrons. The summed E-state index contributed by atoms with van der Waals surface area (Å²) in [6.07, 6.45) is 7.16. The normalized spacial score (nSPS) is 34.6. The van der Waals surface area contributed by atoms with Gasteiger partial charge >= 0.3 is 0 Å². The lowest BCUT2D eigenvalue weighted by molar-refractivity contribution is 0.123. The Kier molecular flexibility index (Phi) is 3.09. The molecule has 1 rings (SSSR count). The van der Waals surface area contributed by atoms with E-state index < -0.39 is 0 Å². The average molecular weight is 182 g/mol. The van der Waals surface area contributed by atoms with Crippen LogP contribution in [0, 0.1) is 16.7 Å². The van der Waals surface area contributed by atoms with Crippen molar-refractivity contribution in [3.63, 3.8) is 0 Å². The molecule has 13 heavy (non-hydrogen) atoms. The maximum Gasteiger partial charge on any atom is -0.0298 e. The van der Waals surface area contributed by atoms with Crippen LogP contribution in [0.3, 0.4) is 0 Å². The summed E-state index contributed by atoms with van der Waals surface area (Å²) in [5, 5.41) is 0. The van der Waals surface area contributed by atoms with Gasteiger partial charge in [0, 0.05) is 0 Å². The molecule has 0 heterocycles. The lowest BCUT2D eigenvalue weighted by Crippen LogP contribution is -2.28. The van der Waals surface area contributed by atoms with Gasteiger partial charge in [-0.25, -0.2) is 0 Å². The minimum atomic E-state index is 0.579. The van der Waals surface area contributed by atoms with Crippen LogP contribution in [0.5, 0.6) is 0 Å². The van der Waals surface area contributed by atoms with Gasteiger partial charge in [0.05, 0.1) is 0 Å². The van der Waals surface area contributed by atoms with Crippen molar-refractivity contribution >= 4 is 0 Å². The molecular weight excluding hydrogens is 156 g/mol. The molecule has 1 aliphatic carbocycles. The van der Waals surface area contributed by atoms with Crippen molar-refractivity contribution in [3.8, 4) is 0 Å². The molecule has 0 saturated heterocycles. The Hall–Kier alpha value is 0. The van der Waals surface area contributed by atoms with Crippen molar-refractivity contribution in [3.05, 3.63) is 0 Å². The summed E-state index contributed by atoms with van der Waals surface area (Å²) in [5.41, 5.74) is 1.18. The molecule has 0 aromatic heterocycles. The Morgan fingerprint density at radius 2 is 1.46 bits per heavy atom. The number of hydrogen-bond donors (Lipinski definition) is 0. The Morgan fingerprint density at radius 3 is 2.00 bits per heavy atom. The van der Waals surface area contributed by atoms with Gasteiger partial charge in [0.1, 0.15) is 0 Å². The zero-order valence-corrected chi connectivity index (χ0v) is 10.1. The standard InChI is InChI=1S/C13H26/c1-11(2)13(5)9-7-6-8-12(3,4)10-13/h11H,6-10H2,1-5H3/t13-/m0/s1. The van der Waals surface area contributed by atoms with E-state index in [9.17, 15) is 0 Å². The van der Waals surface area contributed by atoms with E-state index in [0.29, 0.717) is 10.8 Å². The molecule has 1 atom stereocenters. The van der Waals surface area contributed by atoms with Gasteiger partial charge in [0.15, 0.2) is 0 Å². The lowest BCUT2D eigenvalue weighted by atomic mass is 9.67. The minimum Gasteiger partial charge on any atom is -0.0623 e. The highest BCUT2D eigenvalue weighted by Crippen LogP contribution is 2.47. The van der Waals surface area contributed by atoms with E-state index in [0.717, 1.165) is 5.92 Å². The third-order valence-electron chi connectivity index (χ3n) is 4.13. The van der Waals surface area contributed by atoms with Crippen LogP contribution < -0.4 is 0 Å². The zero-order chi connectivity index (χ0) is 10.1. The third kappa shape index (κ3) is 2.72. The van der Waals surface area contributed by atoms with E-state index in [4.69, 9.17) is 0 Å². The average Bonchev–Trinajstić information content (AvgIpc) is 2.09. The van der Waals surface area contributed by atoms with Gasteiger partial charge in [-0.3, -0.25) is 0 Å². The second-order valence-corrected chi connectivity index (χ2v) is 6.36. The van der Waals surface area contributed by atoms with E-state index in [1.165, 1.54) is 32.1 Å².